The van der Waals surface area contributed by atoms with E-state index in [9.17, 15) is 14.4 Å². The van der Waals surface area contributed by atoms with Gasteiger partial charge in [-0.1, -0.05) is 48.5 Å². The van der Waals surface area contributed by atoms with Crippen molar-refractivity contribution >= 4 is 17.8 Å². The van der Waals surface area contributed by atoms with Crippen LogP contribution in [0.3, 0.4) is 0 Å². The second kappa shape index (κ2) is 8.98. The van der Waals surface area contributed by atoms with Crippen LogP contribution in [0.5, 0.6) is 0 Å². The van der Waals surface area contributed by atoms with Crippen molar-refractivity contribution in [3.8, 4) is 0 Å². The maximum atomic E-state index is 12.5. The van der Waals surface area contributed by atoms with Crippen LogP contribution in [0.2, 0.25) is 0 Å². The van der Waals surface area contributed by atoms with E-state index in [-0.39, 0.29) is 30.9 Å². The predicted molar refractivity (Wildman–Crippen MR) is 100.0 cm³/mol. The van der Waals surface area contributed by atoms with Crippen molar-refractivity contribution in [2.24, 2.45) is 0 Å². The normalized spacial score (nSPS) is 14.1. The van der Waals surface area contributed by atoms with Crippen molar-refractivity contribution in [1.82, 2.24) is 10.6 Å². The summed E-state index contributed by atoms with van der Waals surface area (Å²) in [7, 11) is 0. The molecule has 1 aliphatic rings. The van der Waals surface area contributed by atoms with Gasteiger partial charge in [0.1, 0.15) is 6.04 Å². The molecule has 1 fully saturated rings. The molecule has 0 saturated heterocycles. The lowest BCUT2D eigenvalue weighted by Crippen LogP contribution is -2.44. The molecule has 140 valence electrons. The molecule has 0 aliphatic heterocycles. The molecule has 0 bridgehead atoms. The quantitative estimate of drug-likeness (QED) is 0.699. The second-order valence-corrected chi connectivity index (χ2v) is 6.53. The van der Waals surface area contributed by atoms with Gasteiger partial charge in [0, 0.05) is 18.0 Å². The van der Waals surface area contributed by atoms with Gasteiger partial charge in [-0.2, -0.15) is 0 Å². The van der Waals surface area contributed by atoms with Gasteiger partial charge in [-0.05, 0) is 30.5 Å². The highest BCUT2D eigenvalue weighted by atomic mass is 16.5. The van der Waals surface area contributed by atoms with Gasteiger partial charge >= 0.3 is 5.97 Å². The van der Waals surface area contributed by atoms with Gasteiger partial charge < -0.3 is 15.4 Å². The largest absolute Gasteiger partial charge is 0.454 e. The van der Waals surface area contributed by atoms with E-state index in [1.807, 2.05) is 36.4 Å². The van der Waals surface area contributed by atoms with Crippen molar-refractivity contribution in [2.75, 3.05) is 6.61 Å². The van der Waals surface area contributed by atoms with Crippen LogP contribution in [-0.2, 0) is 20.7 Å². The van der Waals surface area contributed by atoms with Crippen molar-refractivity contribution in [1.29, 1.82) is 0 Å². The van der Waals surface area contributed by atoms with Gasteiger partial charge in [-0.25, -0.2) is 4.79 Å². The lowest BCUT2D eigenvalue weighted by molar-refractivity contribution is -0.150. The molecule has 2 amide bonds. The number of nitrogens with one attached hydrogen (secondary N) is 2. The first-order chi connectivity index (χ1) is 13.1. The van der Waals surface area contributed by atoms with E-state index in [1.54, 1.807) is 24.3 Å². The lowest BCUT2D eigenvalue weighted by Gasteiger charge is -2.18. The second-order valence-electron chi connectivity index (χ2n) is 6.53. The summed E-state index contributed by atoms with van der Waals surface area (Å²) in [4.78, 5) is 36.7. The highest BCUT2D eigenvalue weighted by Gasteiger charge is 2.26. The van der Waals surface area contributed by atoms with Crippen LogP contribution < -0.4 is 10.6 Å². The molecule has 2 N–H and O–H groups in total. The van der Waals surface area contributed by atoms with Crippen LogP contribution >= 0.6 is 0 Å². The fourth-order valence-electron chi connectivity index (χ4n) is 2.61. The van der Waals surface area contributed by atoms with Crippen molar-refractivity contribution in [2.45, 2.75) is 31.3 Å². The first-order valence-electron chi connectivity index (χ1n) is 8.97. The number of hydrogen-bond donors (Lipinski definition) is 2. The molecule has 3 rings (SSSR count). The molecule has 1 unspecified atom stereocenters. The minimum atomic E-state index is -0.881. The summed E-state index contributed by atoms with van der Waals surface area (Å²) in [5.74, 6) is -1.32. The molecular formula is C21H22N2O4. The first kappa shape index (κ1) is 18.6. The van der Waals surface area contributed by atoms with Crippen LogP contribution in [0.1, 0.15) is 28.8 Å². The maximum absolute atomic E-state index is 12.5. The summed E-state index contributed by atoms with van der Waals surface area (Å²) in [6, 6.07) is 17.3. The fraction of sp³-hybridized carbons (Fsp3) is 0.286. The molecule has 0 aromatic heterocycles. The molecule has 1 aliphatic carbocycles. The van der Waals surface area contributed by atoms with Crippen molar-refractivity contribution in [3.63, 3.8) is 0 Å². The summed E-state index contributed by atoms with van der Waals surface area (Å²) in [5.41, 5.74) is 1.34. The summed E-state index contributed by atoms with van der Waals surface area (Å²) < 4.78 is 5.14. The van der Waals surface area contributed by atoms with E-state index < -0.39 is 12.0 Å². The third-order valence-electron chi connectivity index (χ3n) is 4.20. The molecule has 2 aromatic carbocycles. The minimum Gasteiger partial charge on any atom is -0.454 e. The maximum Gasteiger partial charge on any atom is 0.329 e. The van der Waals surface area contributed by atoms with Gasteiger partial charge in [-0.15, -0.1) is 0 Å². The van der Waals surface area contributed by atoms with Crippen molar-refractivity contribution in [3.05, 3.63) is 71.8 Å². The molecule has 0 spiro atoms. The smallest absolute Gasteiger partial charge is 0.329 e. The SMILES string of the molecule is O=C(COC(=O)C(Cc1ccccc1)NC(=O)c1ccccc1)NC1CC1. The molecule has 6 nitrogen and oxygen atoms in total. The predicted octanol–water partition coefficient (Wildman–Crippen LogP) is 1.85. The van der Waals surface area contributed by atoms with E-state index in [0.29, 0.717) is 5.56 Å². The molecule has 6 heteroatoms. The number of ether oxygens (including phenoxy) is 1. The molecule has 2 aromatic rings. The topological polar surface area (TPSA) is 84.5 Å². The monoisotopic (exact) mass is 366 g/mol. The standard InChI is InChI=1S/C21H22N2O4/c24-19(22-17-11-12-17)14-27-21(26)18(13-15-7-3-1-4-8-15)23-20(25)16-9-5-2-6-10-16/h1-10,17-18H,11-14H2,(H,22,24)(H,23,25). The van der Waals surface area contributed by atoms with Crippen molar-refractivity contribution < 1.29 is 19.1 Å². The van der Waals surface area contributed by atoms with E-state index in [1.165, 1.54) is 0 Å². The first-order valence-corrected chi connectivity index (χ1v) is 8.97. The molecule has 0 heterocycles. The van der Waals surface area contributed by atoms with E-state index >= 15 is 0 Å². The molecule has 27 heavy (non-hydrogen) atoms. The Morgan fingerprint density at radius 1 is 0.963 bits per heavy atom. The Hall–Kier alpha value is -3.15. The summed E-state index contributed by atoms with van der Waals surface area (Å²) in [5, 5.41) is 5.47. The van der Waals surface area contributed by atoms with E-state index in [0.717, 1.165) is 18.4 Å². The summed E-state index contributed by atoms with van der Waals surface area (Å²) in [6.45, 7) is -0.345. The van der Waals surface area contributed by atoms with E-state index in [2.05, 4.69) is 10.6 Å². The highest BCUT2D eigenvalue weighted by Crippen LogP contribution is 2.18. The Kier molecular flexibility index (Phi) is 6.20. The van der Waals surface area contributed by atoms with Crippen LogP contribution in [0.25, 0.3) is 0 Å². The Morgan fingerprint density at radius 2 is 1.59 bits per heavy atom. The van der Waals surface area contributed by atoms with Crippen LogP contribution in [0.4, 0.5) is 0 Å². The summed E-state index contributed by atoms with van der Waals surface area (Å²) in [6.07, 6.45) is 2.20. The van der Waals surface area contributed by atoms with E-state index in [4.69, 9.17) is 4.74 Å². The van der Waals surface area contributed by atoms with Crippen LogP contribution in [-0.4, -0.2) is 36.5 Å². The van der Waals surface area contributed by atoms with Gasteiger partial charge in [0.05, 0.1) is 0 Å². The van der Waals surface area contributed by atoms with Gasteiger partial charge in [0.2, 0.25) is 0 Å². The Labute approximate surface area is 157 Å². The zero-order valence-corrected chi connectivity index (χ0v) is 14.9. The fourth-order valence-corrected chi connectivity index (χ4v) is 2.61. The van der Waals surface area contributed by atoms with Gasteiger partial charge in [-0.3, -0.25) is 9.59 Å². The average Bonchev–Trinajstić information content (AvgIpc) is 3.51. The number of benzene rings is 2. The summed E-state index contributed by atoms with van der Waals surface area (Å²) >= 11 is 0. The minimum absolute atomic E-state index is 0.203. The number of amides is 2. The molecule has 0 radical (unpaired) electrons. The molecular weight excluding hydrogens is 344 g/mol. The van der Waals surface area contributed by atoms with Crippen LogP contribution in [0.15, 0.2) is 60.7 Å². The zero-order chi connectivity index (χ0) is 19.1. The average molecular weight is 366 g/mol. The third-order valence-corrected chi connectivity index (χ3v) is 4.20. The van der Waals surface area contributed by atoms with Crippen LogP contribution in [0, 0.1) is 0 Å². The molecule has 1 saturated carbocycles. The lowest BCUT2D eigenvalue weighted by atomic mass is 10.1. The Balaban J connectivity index is 1.63. The highest BCUT2D eigenvalue weighted by molar-refractivity contribution is 5.97. The number of carbonyl (C=O) groups is 3. The number of esters is 1. The third kappa shape index (κ3) is 5.95. The number of rotatable bonds is 8. The molecule has 1 atom stereocenters. The van der Waals surface area contributed by atoms with Gasteiger partial charge in [0.25, 0.3) is 11.8 Å². The van der Waals surface area contributed by atoms with Gasteiger partial charge in [0.15, 0.2) is 6.61 Å². The zero-order valence-electron chi connectivity index (χ0n) is 14.9. The Morgan fingerprint density at radius 3 is 2.22 bits per heavy atom. The number of hydrogen-bond acceptors (Lipinski definition) is 4. The Bertz CT molecular complexity index is 788. The number of carbonyl (C=O) groups excluding carboxylic acids is 3.